The van der Waals surface area contributed by atoms with Crippen LogP contribution < -0.4 is 4.74 Å². The van der Waals surface area contributed by atoms with Crippen LogP contribution in [-0.2, 0) is 0 Å². The maximum absolute atomic E-state index is 5.14. The third-order valence-electron chi connectivity index (χ3n) is 1.56. The van der Waals surface area contributed by atoms with Gasteiger partial charge in [-0.15, -0.1) is 11.3 Å². The van der Waals surface area contributed by atoms with E-state index in [4.69, 9.17) is 4.74 Å². The lowest BCUT2D eigenvalue weighted by molar-refractivity contribution is 0.421. The number of hydrogen-bond acceptors (Lipinski definition) is 3. The first-order valence-electron chi connectivity index (χ1n) is 3.27. The lowest BCUT2D eigenvalue weighted by Crippen LogP contribution is -1.78. The molecule has 2 aromatic heterocycles. The summed E-state index contributed by atoms with van der Waals surface area (Å²) in [6.45, 7) is 0. The summed E-state index contributed by atoms with van der Waals surface area (Å²) in [4.78, 5) is 4.02. The molecule has 2 rings (SSSR count). The van der Waals surface area contributed by atoms with Crippen molar-refractivity contribution in [1.82, 2.24) is 4.98 Å². The second-order valence-electron chi connectivity index (χ2n) is 2.18. The van der Waals surface area contributed by atoms with Crippen LogP contribution in [0.5, 0.6) is 5.75 Å². The first-order valence-corrected chi connectivity index (χ1v) is 4.15. The highest BCUT2D eigenvalue weighted by Crippen LogP contribution is 2.30. The predicted molar refractivity (Wildman–Crippen MR) is 46.2 cm³/mol. The third-order valence-corrected chi connectivity index (χ3v) is 2.50. The Morgan fingerprint density at radius 2 is 2.45 bits per heavy atom. The Kier molecular flexibility index (Phi) is 1.51. The molecule has 0 N–H and O–H groups in total. The Balaban J connectivity index is 2.76. The first-order chi connectivity index (χ1) is 5.42. The molecular weight excluding hydrogens is 158 g/mol. The monoisotopic (exact) mass is 165 g/mol. The molecule has 0 saturated heterocycles. The third kappa shape index (κ3) is 0.973. The van der Waals surface area contributed by atoms with Crippen LogP contribution in [0.15, 0.2) is 23.8 Å². The molecule has 0 aliphatic rings. The SMILES string of the molecule is COc1csc2ccncc12. The number of rotatable bonds is 1. The Bertz CT molecular complexity index is 369. The van der Waals surface area contributed by atoms with Gasteiger partial charge in [-0.05, 0) is 6.07 Å². The Hall–Kier alpha value is -1.09. The van der Waals surface area contributed by atoms with E-state index in [2.05, 4.69) is 4.98 Å². The van der Waals surface area contributed by atoms with Crippen molar-refractivity contribution in [2.24, 2.45) is 0 Å². The average molecular weight is 165 g/mol. The molecule has 0 spiro atoms. The molecule has 11 heavy (non-hydrogen) atoms. The molecule has 0 unspecified atom stereocenters. The summed E-state index contributed by atoms with van der Waals surface area (Å²) in [5, 5.41) is 3.09. The van der Waals surface area contributed by atoms with E-state index in [0.29, 0.717) is 0 Å². The van der Waals surface area contributed by atoms with Gasteiger partial charge in [0, 0.05) is 22.5 Å². The van der Waals surface area contributed by atoms with Crippen molar-refractivity contribution >= 4 is 21.4 Å². The fourth-order valence-corrected chi connectivity index (χ4v) is 1.88. The van der Waals surface area contributed by atoms with Gasteiger partial charge in [0.15, 0.2) is 0 Å². The Morgan fingerprint density at radius 3 is 3.27 bits per heavy atom. The number of aromatic nitrogens is 1. The smallest absolute Gasteiger partial charge is 0.138 e. The van der Waals surface area contributed by atoms with Crippen molar-refractivity contribution in [1.29, 1.82) is 0 Å². The van der Waals surface area contributed by atoms with Crippen LogP contribution >= 0.6 is 11.3 Å². The zero-order chi connectivity index (χ0) is 7.68. The van der Waals surface area contributed by atoms with E-state index in [1.54, 1.807) is 24.6 Å². The van der Waals surface area contributed by atoms with Crippen LogP contribution in [0.4, 0.5) is 0 Å². The van der Waals surface area contributed by atoms with Crippen molar-refractivity contribution in [3.8, 4) is 5.75 Å². The highest BCUT2D eigenvalue weighted by molar-refractivity contribution is 7.17. The summed E-state index contributed by atoms with van der Waals surface area (Å²) in [6, 6.07) is 1.99. The number of fused-ring (bicyclic) bond motifs is 1. The molecular formula is C8H7NOS. The van der Waals surface area contributed by atoms with E-state index in [1.807, 2.05) is 17.6 Å². The number of pyridine rings is 1. The highest BCUT2D eigenvalue weighted by Gasteiger charge is 2.01. The van der Waals surface area contributed by atoms with Crippen LogP contribution in [-0.4, -0.2) is 12.1 Å². The maximum Gasteiger partial charge on any atom is 0.138 e. The lowest BCUT2D eigenvalue weighted by atomic mass is 10.3. The lowest BCUT2D eigenvalue weighted by Gasteiger charge is -1.93. The van der Waals surface area contributed by atoms with Crippen molar-refractivity contribution in [3.63, 3.8) is 0 Å². The molecule has 0 bridgehead atoms. The molecule has 0 aliphatic heterocycles. The average Bonchev–Trinajstić information content (AvgIpc) is 2.47. The summed E-state index contributed by atoms with van der Waals surface area (Å²) >= 11 is 1.67. The fraction of sp³-hybridized carbons (Fsp3) is 0.125. The summed E-state index contributed by atoms with van der Waals surface area (Å²) in [7, 11) is 1.68. The summed E-state index contributed by atoms with van der Waals surface area (Å²) < 4.78 is 6.36. The number of hydrogen-bond donors (Lipinski definition) is 0. The van der Waals surface area contributed by atoms with E-state index in [1.165, 1.54) is 4.70 Å². The van der Waals surface area contributed by atoms with Crippen LogP contribution in [0.25, 0.3) is 10.1 Å². The molecule has 0 fully saturated rings. The van der Waals surface area contributed by atoms with Gasteiger partial charge in [0.2, 0.25) is 0 Å². The van der Waals surface area contributed by atoms with Crippen molar-refractivity contribution in [2.75, 3.05) is 7.11 Å². The van der Waals surface area contributed by atoms with Crippen molar-refractivity contribution < 1.29 is 4.74 Å². The number of thiophene rings is 1. The topological polar surface area (TPSA) is 22.1 Å². The number of methoxy groups -OCH3 is 1. The minimum absolute atomic E-state index is 0.915. The first kappa shape index (κ1) is 6.61. The summed E-state index contributed by atoms with van der Waals surface area (Å²) in [5.74, 6) is 0.915. The zero-order valence-electron chi connectivity index (χ0n) is 6.07. The van der Waals surface area contributed by atoms with Gasteiger partial charge in [0.25, 0.3) is 0 Å². The maximum atomic E-state index is 5.14. The second-order valence-corrected chi connectivity index (χ2v) is 3.09. The van der Waals surface area contributed by atoms with Gasteiger partial charge < -0.3 is 4.74 Å². The van der Waals surface area contributed by atoms with Crippen LogP contribution in [0.3, 0.4) is 0 Å². The van der Waals surface area contributed by atoms with Gasteiger partial charge in [-0.2, -0.15) is 0 Å². The fourth-order valence-electron chi connectivity index (χ4n) is 1.01. The van der Waals surface area contributed by atoms with Gasteiger partial charge in [0.1, 0.15) is 5.75 Å². The molecule has 56 valence electrons. The van der Waals surface area contributed by atoms with Gasteiger partial charge in [0.05, 0.1) is 12.5 Å². The minimum Gasteiger partial charge on any atom is -0.495 e. The van der Waals surface area contributed by atoms with Crippen molar-refractivity contribution in [2.45, 2.75) is 0 Å². The molecule has 2 nitrogen and oxygen atoms in total. The molecule has 2 aromatic rings. The molecule has 0 aromatic carbocycles. The largest absolute Gasteiger partial charge is 0.495 e. The summed E-state index contributed by atoms with van der Waals surface area (Å²) in [6.07, 6.45) is 3.61. The Morgan fingerprint density at radius 1 is 1.55 bits per heavy atom. The second kappa shape index (κ2) is 2.51. The molecule has 0 saturated carbocycles. The molecule has 2 heterocycles. The molecule has 0 radical (unpaired) electrons. The van der Waals surface area contributed by atoms with Crippen LogP contribution in [0, 0.1) is 0 Å². The van der Waals surface area contributed by atoms with Gasteiger partial charge in [-0.25, -0.2) is 0 Å². The van der Waals surface area contributed by atoms with E-state index < -0.39 is 0 Å². The molecule has 0 amide bonds. The zero-order valence-corrected chi connectivity index (χ0v) is 6.89. The van der Waals surface area contributed by atoms with Gasteiger partial charge in [-0.3, -0.25) is 4.98 Å². The molecule has 3 heteroatoms. The van der Waals surface area contributed by atoms with Crippen molar-refractivity contribution in [3.05, 3.63) is 23.8 Å². The summed E-state index contributed by atoms with van der Waals surface area (Å²) in [5.41, 5.74) is 0. The van der Waals surface area contributed by atoms with E-state index in [-0.39, 0.29) is 0 Å². The van der Waals surface area contributed by atoms with Gasteiger partial charge in [-0.1, -0.05) is 0 Å². The van der Waals surface area contributed by atoms with E-state index >= 15 is 0 Å². The molecule has 0 aliphatic carbocycles. The number of ether oxygens (including phenoxy) is 1. The highest BCUT2D eigenvalue weighted by atomic mass is 32.1. The minimum atomic E-state index is 0.915. The Labute approximate surface area is 68.5 Å². The number of nitrogens with zero attached hydrogens (tertiary/aromatic N) is 1. The van der Waals surface area contributed by atoms with Crippen LogP contribution in [0.2, 0.25) is 0 Å². The van der Waals surface area contributed by atoms with Gasteiger partial charge >= 0.3 is 0 Å². The standard InChI is InChI=1S/C8H7NOS/c1-10-7-5-11-8-2-3-9-4-6(7)8/h2-5H,1H3. The quantitative estimate of drug-likeness (QED) is 0.646. The predicted octanol–water partition coefficient (Wildman–Crippen LogP) is 2.30. The van der Waals surface area contributed by atoms with E-state index in [0.717, 1.165) is 11.1 Å². The normalized spacial score (nSPS) is 10.3. The van der Waals surface area contributed by atoms with E-state index in [9.17, 15) is 0 Å². The molecule has 0 atom stereocenters. The van der Waals surface area contributed by atoms with Crippen LogP contribution in [0.1, 0.15) is 0 Å².